The molecule has 0 spiro atoms. The molecule has 4 aliphatic rings. The van der Waals surface area contributed by atoms with E-state index in [0.717, 1.165) is 16.5 Å². The molecule has 242 valence electrons. The third-order valence-electron chi connectivity index (χ3n) is 11.1. The van der Waals surface area contributed by atoms with Gasteiger partial charge in [-0.2, -0.15) is 0 Å². The summed E-state index contributed by atoms with van der Waals surface area (Å²) in [5.41, 5.74) is 0.668. The highest BCUT2D eigenvalue weighted by Crippen LogP contribution is 2.65. The fourth-order valence-corrected chi connectivity index (χ4v) is 9.49. The molecule has 7 nitrogen and oxygen atoms in total. The van der Waals surface area contributed by atoms with Gasteiger partial charge in [-0.1, -0.05) is 90.0 Å². The van der Waals surface area contributed by atoms with Gasteiger partial charge in [-0.3, -0.25) is 24.1 Å². The maximum atomic E-state index is 15.4. The Morgan fingerprint density at radius 3 is 2.21 bits per heavy atom. The first kappa shape index (κ1) is 30.6. The van der Waals surface area contributed by atoms with Gasteiger partial charge in [0.25, 0.3) is 0 Å². The number of rotatable bonds is 3. The van der Waals surface area contributed by atoms with Crippen molar-refractivity contribution in [1.29, 1.82) is 0 Å². The first-order valence-corrected chi connectivity index (χ1v) is 16.8. The lowest BCUT2D eigenvalue weighted by molar-refractivity contribution is -0.145. The van der Waals surface area contributed by atoms with E-state index < -0.39 is 40.5 Å². The van der Waals surface area contributed by atoms with Crippen LogP contribution in [0.3, 0.4) is 0 Å². The van der Waals surface area contributed by atoms with Crippen LogP contribution in [0.2, 0.25) is 5.02 Å². The van der Waals surface area contributed by atoms with Crippen LogP contribution in [-0.4, -0.2) is 39.2 Å². The zero-order valence-corrected chi connectivity index (χ0v) is 27.6. The molecule has 3 fully saturated rings. The fourth-order valence-electron chi connectivity index (χ4n) is 9.31. The molecule has 2 saturated heterocycles. The lowest BCUT2D eigenvalue weighted by atomic mass is 9.49. The van der Waals surface area contributed by atoms with E-state index in [1.807, 2.05) is 81.4 Å². The summed E-state index contributed by atoms with van der Waals surface area (Å²) in [7, 11) is 0. The van der Waals surface area contributed by atoms with E-state index >= 15 is 4.79 Å². The number of carbonyl (C=O) groups is 4. The van der Waals surface area contributed by atoms with E-state index in [2.05, 4.69) is 6.08 Å². The average Bonchev–Trinajstić information content (AvgIpc) is 3.46. The maximum Gasteiger partial charge on any atom is 0.246 e. The number of hydrogen-bond donors (Lipinski definition) is 1. The van der Waals surface area contributed by atoms with Crippen molar-refractivity contribution in [3.63, 3.8) is 0 Å². The lowest BCUT2D eigenvalue weighted by Crippen LogP contribution is -2.53. The van der Waals surface area contributed by atoms with Crippen molar-refractivity contribution in [2.24, 2.45) is 23.7 Å². The Balaban J connectivity index is 1.43. The summed E-state index contributed by atoms with van der Waals surface area (Å²) in [6.07, 6.45) is 2.65. The SMILES string of the molecule is CC(C)(C)N1C(=O)[C@H]2[C@H](CC=C3[C@H]2C[C@H]2C(=O)N(c4cccc(Cl)c4)C(=O)[C@@]2(c2ccccc2)[C@H]3c2ccc(O)c3ccccc23)C1=O. The number of carbonyl (C=O) groups excluding carboxylic acids is 4. The second-order valence-electron chi connectivity index (χ2n) is 14.5. The largest absolute Gasteiger partial charge is 0.507 e. The second kappa shape index (κ2) is 10.6. The standard InChI is InChI=1S/C40H35ClN2O5/c1-39(2,3)43-35(45)29-17-16-28-30(33(29)37(43)47)21-31-36(46)42(24-13-9-12-23(41)20-24)38(48)40(31,22-10-5-4-6-11-22)34(28)27-18-19-32(44)26-15-8-7-14-25(26)27/h4-16,18-20,29-31,33-34,44H,17,21H2,1-3H3/t29-,30+,31-,33-,34-,40+/m0/s1. The van der Waals surface area contributed by atoms with E-state index in [4.69, 9.17) is 11.6 Å². The number of phenolic OH excluding ortho intramolecular Hbond substituents is 1. The van der Waals surface area contributed by atoms with Crippen molar-refractivity contribution in [1.82, 2.24) is 4.90 Å². The molecule has 6 atom stereocenters. The molecule has 2 aliphatic carbocycles. The molecule has 4 amide bonds. The van der Waals surface area contributed by atoms with E-state index in [1.165, 1.54) is 9.80 Å². The number of nitrogens with zero attached hydrogens (tertiary/aromatic N) is 2. The fraction of sp³-hybridized carbons (Fsp3) is 0.300. The van der Waals surface area contributed by atoms with E-state index in [9.17, 15) is 19.5 Å². The van der Waals surface area contributed by atoms with Crippen molar-refractivity contribution >= 4 is 51.7 Å². The summed E-state index contributed by atoms with van der Waals surface area (Å²) in [6.45, 7) is 5.59. The molecular weight excluding hydrogens is 624 g/mol. The Bertz CT molecular complexity index is 2080. The molecule has 1 N–H and O–H groups in total. The molecular formula is C40H35ClN2O5. The van der Waals surface area contributed by atoms with Crippen LogP contribution in [0.5, 0.6) is 5.75 Å². The number of imide groups is 2. The number of benzene rings is 4. The molecule has 2 aliphatic heterocycles. The van der Waals surface area contributed by atoms with Gasteiger partial charge in [0.2, 0.25) is 23.6 Å². The van der Waals surface area contributed by atoms with Crippen LogP contribution in [0, 0.1) is 23.7 Å². The molecule has 8 heteroatoms. The number of aromatic hydroxyl groups is 1. The Morgan fingerprint density at radius 2 is 1.50 bits per heavy atom. The van der Waals surface area contributed by atoms with Gasteiger partial charge in [0.1, 0.15) is 5.75 Å². The van der Waals surface area contributed by atoms with Gasteiger partial charge in [-0.05, 0) is 80.3 Å². The van der Waals surface area contributed by atoms with Crippen LogP contribution in [0.15, 0.2) is 103 Å². The summed E-state index contributed by atoms with van der Waals surface area (Å²) in [6, 6.07) is 27.2. The minimum atomic E-state index is -1.38. The first-order chi connectivity index (χ1) is 23.0. The van der Waals surface area contributed by atoms with Gasteiger partial charge >= 0.3 is 0 Å². The number of anilines is 1. The van der Waals surface area contributed by atoms with Crippen molar-refractivity contribution in [3.05, 3.63) is 119 Å². The van der Waals surface area contributed by atoms with Crippen LogP contribution in [0.25, 0.3) is 10.8 Å². The van der Waals surface area contributed by atoms with Gasteiger partial charge in [0, 0.05) is 21.9 Å². The quantitative estimate of drug-likeness (QED) is 0.186. The van der Waals surface area contributed by atoms with Crippen LogP contribution in [0.4, 0.5) is 5.69 Å². The Kier molecular flexibility index (Phi) is 6.77. The van der Waals surface area contributed by atoms with E-state index in [-0.39, 0.29) is 35.8 Å². The third-order valence-corrected chi connectivity index (χ3v) is 11.3. The summed E-state index contributed by atoms with van der Waals surface area (Å²) >= 11 is 6.41. The smallest absolute Gasteiger partial charge is 0.246 e. The first-order valence-electron chi connectivity index (χ1n) is 16.4. The number of amides is 4. The molecule has 0 unspecified atom stereocenters. The Morgan fingerprint density at radius 1 is 0.792 bits per heavy atom. The van der Waals surface area contributed by atoms with Crippen molar-refractivity contribution in [2.75, 3.05) is 4.90 Å². The van der Waals surface area contributed by atoms with Crippen LogP contribution in [0.1, 0.15) is 50.7 Å². The maximum absolute atomic E-state index is 15.4. The molecule has 1 saturated carbocycles. The highest BCUT2D eigenvalue weighted by atomic mass is 35.5. The predicted octanol–water partition coefficient (Wildman–Crippen LogP) is 7.16. The predicted molar refractivity (Wildman–Crippen MR) is 183 cm³/mol. The second-order valence-corrected chi connectivity index (χ2v) is 14.9. The monoisotopic (exact) mass is 658 g/mol. The average molecular weight is 659 g/mol. The van der Waals surface area contributed by atoms with Gasteiger partial charge < -0.3 is 5.11 Å². The van der Waals surface area contributed by atoms with Gasteiger partial charge in [0.05, 0.1) is 28.9 Å². The lowest BCUT2D eigenvalue weighted by Gasteiger charge is -2.51. The minimum Gasteiger partial charge on any atom is -0.507 e. The molecule has 0 aromatic heterocycles. The number of fused-ring (bicyclic) bond motifs is 5. The van der Waals surface area contributed by atoms with Crippen molar-refractivity contribution in [2.45, 2.75) is 50.5 Å². The molecule has 0 bridgehead atoms. The molecule has 8 rings (SSSR count). The summed E-state index contributed by atoms with van der Waals surface area (Å²) in [5.74, 6) is -4.20. The molecule has 2 heterocycles. The number of phenols is 1. The zero-order valence-electron chi connectivity index (χ0n) is 26.9. The van der Waals surface area contributed by atoms with E-state index in [0.29, 0.717) is 28.1 Å². The Hall–Kier alpha value is -4.75. The highest BCUT2D eigenvalue weighted by molar-refractivity contribution is 6.32. The van der Waals surface area contributed by atoms with Gasteiger partial charge in [-0.25, -0.2) is 4.90 Å². The zero-order chi connectivity index (χ0) is 33.7. The molecule has 4 aromatic carbocycles. The van der Waals surface area contributed by atoms with Crippen LogP contribution < -0.4 is 4.90 Å². The third kappa shape index (κ3) is 4.06. The van der Waals surface area contributed by atoms with Crippen LogP contribution in [-0.2, 0) is 24.6 Å². The van der Waals surface area contributed by atoms with Crippen LogP contribution >= 0.6 is 11.6 Å². The highest BCUT2D eigenvalue weighted by Gasteiger charge is 2.70. The number of likely N-dealkylation sites (tertiary alicyclic amines) is 1. The molecule has 4 aromatic rings. The minimum absolute atomic E-state index is 0.108. The molecule has 48 heavy (non-hydrogen) atoms. The number of hydrogen-bond acceptors (Lipinski definition) is 5. The summed E-state index contributed by atoms with van der Waals surface area (Å²) < 4.78 is 0. The van der Waals surface area contributed by atoms with Gasteiger partial charge in [-0.15, -0.1) is 0 Å². The molecule has 0 radical (unpaired) electrons. The number of halogens is 1. The van der Waals surface area contributed by atoms with Crippen molar-refractivity contribution < 1.29 is 24.3 Å². The van der Waals surface area contributed by atoms with E-state index in [1.54, 1.807) is 30.3 Å². The van der Waals surface area contributed by atoms with Gasteiger partial charge in [0.15, 0.2) is 0 Å². The summed E-state index contributed by atoms with van der Waals surface area (Å²) in [5, 5.41) is 12.7. The Labute approximate surface area is 283 Å². The summed E-state index contributed by atoms with van der Waals surface area (Å²) in [4.78, 5) is 61.2. The normalized spacial score (nSPS) is 28.4. The topological polar surface area (TPSA) is 95.0 Å². The number of allylic oxidation sites excluding steroid dienone is 2. The van der Waals surface area contributed by atoms with Crippen molar-refractivity contribution in [3.8, 4) is 5.75 Å².